The third kappa shape index (κ3) is 2.11. The van der Waals surface area contributed by atoms with Crippen molar-refractivity contribution in [2.45, 2.75) is 26.2 Å². The van der Waals surface area contributed by atoms with Crippen LogP contribution in [0.5, 0.6) is 0 Å². The molecule has 2 rings (SSSR count). The lowest BCUT2D eigenvalue weighted by Crippen LogP contribution is -2.16. The van der Waals surface area contributed by atoms with Gasteiger partial charge in [-0.05, 0) is 24.4 Å². The Balaban J connectivity index is 2.66. The van der Waals surface area contributed by atoms with Crippen molar-refractivity contribution in [1.29, 1.82) is 0 Å². The fourth-order valence-corrected chi connectivity index (χ4v) is 2.97. The normalized spacial score (nSPS) is 11.7. The maximum Gasteiger partial charge on any atom is 0.165 e. The second-order valence-corrected chi connectivity index (χ2v) is 6.31. The van der Waals surface area contributed by atoms with Crippen molar-refractivity contribution in [3.63, 3.8) is 0 Å². The van der Waals surface area contributed by atoms with Crippen LogP contribution in [0.15, 0.2) is 35.7 Å². The highest BCUT2D eigenvalue weighted by molar-refractivity contribution is 7.73. The maximum atomic E-state index is 5.41. The first kappa shape index (κ1) is 11.6. The Morgan fingerprint density at radius 2 is 1.75 bits per heavy atom. The molecule has 84 valence electrons. The van der Waals surface area contributed by atoms with E-state index in [0.717, 1.165) is 9.64 Å². The van der Waals surface area contributed by atoms with Crippen molar-refractivity contribution in [2.24, 2.45) is 0 Å². The van der Waals surface area contributed by atoms with Crippen LogP contribution in [0.4, 0.5) is 0 Å². The van der Waals surface area contributed by atoms with E-state index in [0.29, 0.717) is 0 Å². The average Bonchev–Trinajstić information content (AvgIpc) is 2.61. The highest BCUT2D eigenvalue weighted by atomic mass is 32.1. The van der Waals surface area contributed by atoms with Gasteiger partial charge >= 0.3 is 0 Å². The van der Waals surface area contributed by atoms with Crippen LogP contribution in [-0.2, 0) is 5.41 Å². The topological polar surface area (TPSA) is 4.93 Å². The molecule has 0 saturated heterocycles. The monoisotopic (exact) mass is 249 g/mol. The molecule has 0 amide bonds. The smallest absolute Gasteiger partial charge is 0.165 e. The van der Waals surface area contributed by atoms with Gasteiger partial charge in [0.25, 0.3) is 0 Å². The SMILES string of the molecule is CC(C)(C)c1csc(=S)n1-c1ccccc1. The highest BCUT2D eigenvalue weighted by Crippen LogP contribution is 2.28. The number of aromatic nitrogens is 1. The zero-order valence-corrected chi connectivity index (χ0v) is 11.4. The number of para-hydroxylation sites is 1. The molecule has 0 N–H and O–H groups in total. The summed E-state index contributed by atoms with van der Waals surface area (Å²) in [7, 11) is 0. The van der Waals surface area contributed by atoms with Crippen LogP contribution in [0.25, 0.3) is 5.69 Å². The van der Waals surface area contributed by atoms with E-state index < -0.39 is 0 Å². The van der Waals surface area contributed by atoms with Gasteiger partial charge in [-0.3, -0.25) is 4.57 Å². The van der Waals surface area contributed by atoms with E-state index >= 15 is 0 Å². The van der Waals surface area contributed by atoms with Crippen molar-refractivity contribution in [3.8, 4) is 5.69 Å². The molecule has 0 radical (unpaired) electrons. The molecule has 1 aromatic carbocycles. The summed E-state index contributed by atoms with van der Waals surface area (Å²) in [5.74, 6) is 0. The summed E-state index contributed by atoms with van der Waals surface area (Å²) in [6.07, 6.45) is 0. The zero-order valence-electron chi connectivity index (χ0n) is 9.73. The van der Waals surface area contributed by atoms with Crippen LogP contribution < -0.4 is 0 Å². The van der Waals surface area contributed by atoms with Crippen molar-refractivity contribution >= 4 is 23.6 Å². The number of rotatable bonds is 1. The van der Waals surface area contributed by atoms with Gasteiger partial charge in [-0.15, -0.1) is 11.3 Å². The summed E-state index contributed by atoms with van der Waals surface area (Å²) >= 11 is 7.04. The van der Waals surface area contributed by atoms with Crippen molar-refractivity contribution in [3.05, 3.63) is 45.4 Å². The number of hydrogen-bond acceptors (Lipinski definition) is 2. The summed E-state index contributed by atoms with van der Waals surface area (Å²) in [5, 5.41) is 2.16. The lowest BCUT2D eigenvalue weighted by Gasteiger charge is -2.21. The first-order chi connectivity index (χ1) is 7.50. The van der Waals surface area contributed by atoms with Crippen molar-refractivity contribution in [1.82, 2.24) is 4.57 Å². The second kappa shape index (κ2) is 4.15. The number of hydrogen-bond donors (Lipinski definition) is 0. The first-order valence-electron chi connectivity index (χ1n) is 5.26. The van der Waals surface area contributed by atoms with E-state index in [2.05, 4.69) is 42.9 Å². The largest absolute Gasteiger partial charge is 0.295 e. The number of benzene rings is 1. The lowest BCUT2D eigenvalue weighted by molar-refractivity contribution is 0.556. The molecule has 0 aliphatic carbocycles. The van der Waals surface area contributed by atoms with Gasteiger partial charge < -0.3 is 0 Å². The van der Waals surface area contributed by atoms with E-state index in [4.69, 9.17) is 12.2 Å². The predicted octanol–water partition coefficient (Wildman–Crippen LogP) is 4.57. The van der Waals surface area contributed by atoms with Gasteiger partial charge in [-0.2, -0.15) is 0 Å². The molecule has 0 spiro atoms. The van der Waals surface area contributed by atoms with Gasteiger partial charge in [0, 0.05) is 22.2 Å². The molecule has 0 aliphatic rings. The summed E-state index contributed by atoms with van der Waals surface area (Å²) < 4.78 is 3.08. The van der Waals surface area contributed by atoms with E-state index in [1.54, 1.807) is 11.3 Å². The molecule has 0 unspecified atom stereocenters. The lowest BCUT2D eigenvalue weighted by atomic mass is 9.93. The van der Waals surface area contributed by atoms with Crippen molar-refractivity contribution in [2.75, 3.05) is 0 Å². The Labute approximate surface area is 105 Å². The van der Waals surface area contributed by atoms with E-state index in [1.165, 1.54) is 5.69 Å². The third-order valence-corrected chi connectivity index (χ3v) is 3.67. The number of nitrogens with zero attached hydrogens (tertiary/aromatic N) is 1. The highest BCUT2D eigenvalue weighted by Gasteiger charge is 2.19. The summed E-state index contributed by atoms with van der Waals surface area (Å²) in [4.78, 5) is 0. The molecule has 1 nitrogen and oxygen atoms in total. The minimum atomic E-state index is 0.114. The molecule has 2 aromatic rings. The van der Waals surface area contributed by atoms with E-state index in [-0.39, 0.29) is 5.41 Å². The van der Waals surface area contributed by atoms with Gasteiger partial charge in [-0.1, -0.05) is 39.0 Å². The van der Waals surface area contributed by atoms with Crippen LogP contribution in [-0.4, -0.2) is 4.57 Å². The molecule has 3 heteroatoms. The Morgan fingerprint density at radius 3 is 2.31 bits per heavy atom. The van der Waals surface area contributed by atoms with Gasteiger partial charge in [0.1, 0.15) is 0 Å². The zero-order chi connectivity index (χ0) is 11.8. The summed E-state index contributed by atoms with van der Waals surface area (Å²) in [6.45, 7) is 6.63. The Bertz CT molecular complexity index is 529. The van der Waals surface area contributed by atoms with Crippen LogP contribution in [0.2, 0.25) is 0 Å². The standard InChI is InChI=1S/C13H15NS2/c1-13(2,3)11-9-16-12(15)14(11)10-7-5-4-6-8-10/h4-9H,1-3H3. The van der Waals surface area contributed by atoms with Gasteiger partial charge in [-0.25, -0.2) is 0 Å². The molecule has 0 saturated carbocycles. The average molecular weight is 249 g/mol. The molecule has 1 heterocycles. The fraction of sp³-hybridized carbons (Fsp3) is 0.308. The van der Waals surface area contributed by atoms with Gasteiger partial charge in [0.05, 0.1) is 0 Å². The quantitative estimate of drug-likeness (QED) is 0.670. The van der Waals surface area contributed by atoms with Crippen LogP contribution in [0, 0.1) is 3.95 Å². The third-order valence-electron chi connectivity index (χ3n) is 2.48. The Hall–Kier alpha value is -0.930. The molecule has 0 atom stereocenters. The molecule has 1 aromatic heterocycles. The molecule has 16 heavy (non-hydrogen) atoms. The predicted molar refractivity (Wildman–Crippen MR) is 73.2 cm³/mol. The van der Waals surface area contributed by atoms with E-state index in [9.17, 15) is 0 Å². The first-order valence-corrected chi connectivity index (χ1v) is 6.55. The van der Waals surface area contributed by atoms with Crippen molar-refractivity contribution < 1.29 is 0 Å². The molecular weight excluding hydrogens is 234 g/mol. The molecule has 0 bridgehead atoms. The van der Waals surface area contributed by atoms with Gasteiger partial charge in [0.2, 0.25) is 0 Å². The van der Waals surface area contributed by atoms with Crippen LogP contribution in [0.1, 0.15) is 26.5 Å². The second-order valence-electron chi connectivity index (χ2n) is 4.81. The van der Waals surface area contributed by atoms with Crippen LogP contribution >= 0.6 is 23.6 Å². The minimum absolute atomic E-state index is 0.114. The van der Waals surface area contributed by atoms with Gasteiger partial charge in [0.15, 0.2) is 3.95 Å². The Morgan fingerprint density at radius 1 is 1.12 bits per heavy atom. The number of thiazole rings is 1. The maximum absolute atomic E-state index is 5.41. The minimum Gasteiger partial charge on any atom is -0.295 e. The Kier molecular flexibility index (Phi) is 3.00. The molecule has 0 fully saturated rings. The van der Waals surface area contributed by atoms with E-state index in [1.807, 2.05) is 18.2 Å². The summed E-state index contributed by atoms with van der Waals surface area (Å²) in [5.41, 5.74) is 2.54. The fourth-order valence-electron chi connectivity index (χ4n) is 1.64. The summed E-state index contributed by atoms with van der Waals surface area (Å²) in [6, 6.07) is 10.3. The molecule has 0 aliphatic heterocycles. The molecular formula is C13H15NS2. The van der Waals surface area contributed by atoms with Crippen LogP contribution in [0.3, 0.4) is 0 Å².